The van der Waals surface area contributed by atoms with Crippen molar-refractivity contribution in [2.75, 3.05) is 5.32 Å². The van der Waals surface area contributed by atoms with Crippen LogP contribution in [0.4, 0.5) is 10.1 Å². The molecule has 19 heavy (non-hydrogen) atoms. The van der Waals surface area contributed by atoms with E-state index in [-0.39, 0.29) is 5.82 Å². The number of aromatic nitrogens is 1. The molecular formula is C15H16FN3. The number of benzene rings is 1. The van der Waals surface area contributed by atoms with Gasteiger partial charge in [-0.1, -0.05) is 0 Å². The van der Waals surface area contributed by atoms with Gasteiger partial charge in [0.2, 0.25) is 0 Å². The molecule has 98 valence electrons. The Labute approximate surface area is 111 Å². The topological polar surface area (TPSA) is 40.8 Å². The highest BCUT2D eigenvalue weighted by Crippen LogP contribution is 2.09. The van der Waals surface area contributed by atoms with Crippen LogP contribution < -0.4 is 5.32 Å². The van der Waals surface area contributed by atoms with Crippen LogP contribution in [-0.4, -0.2) is 10.4 Å². The maximum atomic E-state index is 12.7. The van der Waals surface area contributed by atoms with Gasteiger partial charge >= 0.3 is 0 Å². The van der Waals surface area contributed by atoms with Crippen molar-refractivity contribution in [3.05, 3.63) is 65.9 Å². The Hall–Kier alpha value is -2.36. The molecule has 0 radical (unpaired) electrons. The van der Waals surface area contributed by atoms with Crippen LogP contribution in [0.25, 0.3) is 0 Å². The fraction of sp³-hybridized carbons (Fsp3) is 0.133. The SMILES string of the molecule is Cc1ccc(C)n1C(=N)/C=C\Nc1ccc(F)cc1. The highest BCUT2D eigenvalue weighted by molar-refractivity contribution is 5.93. The Bertz CT molecular complexity index is 589. The van der Waals surface area contributed by atoms with Crippen molar-refractivity contribution in [1.82, 2.24) is 4.57 Å². The van der Waals surface area contributed by atoms with E-state index in [2.05, 4.69) is 5.32 Å². The minimum Gasteiger partial charge on any atom is -0.362 e. The van der Waals surface area contributed by atoms with Gasteiger partial charge in [0.25, 0.3) is 0 Å². The summed E-state index contributed by atoms with van der Waals surface area (Å²) in [6, 6.07) is 10.0. The van der Waals surface area contributed by atoms with Crippen molar-refractivity contribution in [3.8, 4) is 0 Å². The Morgan fingerprint density at radius 2 is 1.68 bits per heavy atom. The molecule has 0 saturated heterocycles. The average Bonchev–Trinajstić information content (AvgIpc) is 2.71. The van der Waals surface area contributed by atoms with Gasteiger partial charge in [-0.2, -0.15) is 0 Å². The van der Waals surface area contributed by atoms with Gasteiger partial charge in [0.05, 0.1) is 0 Å². The van der Waals surface area contributed by atoms with E-state index >= 15 is 0 Å². The van der Waals surface area contributed by atoms with Crippen LogP contribution >= 0.6 is 0 Å². The molecule has 1 heterocycles. The first kappa shape index (κ1) is 13.1. The fourth-order valence-corrected chi connectivity index (χ4v) is 1.89. The molecule has 2 aromatic rings. The molecule has 2 N–H and O–H groups in total. The second-order valence-electron chi connectivity index (χ2n) is 4.32. The molecule has 0 bridgehead atoms. The number of hydrogen-bond acceptors (Lipinski definition) is 2. The number of anilines is 1. The van der Waals surface area contributed by atoms with Crippen molar-refractivity contribution in [1.29, 1.82) is 5.41 Å². The van der Waals surface area contributed by atoms with E-state index in [4.69, 9.17) is 5.41 Å². The first-order valence-corrected chi connectivity index (χ1v) is 6.00. The lowest BCUT2D eigenvalue weighted by atomic mass is 10.3. The number of nitrogens with one attached hydrogen (secondary N) is 2. The van der Waals surface area contributed by atoms with Gasteiger partial charge in [-0.15, -0.1) is 0 Å². The number of allylic oxidation sites excluding steroid dienone is 1. The van der Waals surface area contributed by atoms with E-state index in [1.807, 2.05) is 30.5 Å². The highest BCUT2D eigenvalue weighted by Gasteiger charge is 2.03. The summed E-state index contributed by atoms with van der Waals surface area (Å²) in [7, 11) is 0. The van der Waals surface area contributed by atoms with Crippen LogP contribution in [0.15, 0.2) is 48.7 Å². The third-order valence-electron chi connectivity index (χ3n) is 2.85. The van der Waals surface area contributed by atoms with Crippen LogP contribution in [-0.2, 0) is 0 Å². The fourth-order valence-electron chi connectivity index (χ4n) is 1.89. The van der Waals surface area contributed by atoms with Gasteiger partial charge in [0.1, 0.15) is 11.7 Å². The van der Waals surface area contributed by atoms with E-state index in [9.17, 15) is 4.39 Å². The predicted octanol–water partition coefficient (Wildman–Crippen LogP) is 3.70. The summed E-state index contributed by atoms with van der Waals surface area (Å²) in [5.41, 5.74) is 2.83. The maximum absolute atomic E-state index is 12.7. The Balaban J connectivity index is 2.03. The molecule has 1 aromatic carbocycles. The zero-order valence-electron chi connectivity index (χ0n) is 10.9. The Morgan fingerprint density at radius 1 is 1.11 bits per heavy atom. The molecule has 0 amide bonds. The molecule has 0 aliphatic heterocycles. The van der Waals surface area contributed by atoms with Crippen LogP contribution in [0, 0.1) is 25.1 Å². The molecule has 4 heteroatoms. The highest BCUT2D eigenvalue weighted by atomic mass is 19.1. The Morgan fingerprint density at radius 3 is 2.26 bits per heavy atom. The first-order valence-electron chi connectivity index (χ1n) is 6.00. The number of rotatable bonds is 3. The van der Waals surface area contributed by atoms with Crippen LogP contribution in [0.5, 0.6) is 0 Å². The van der Waals surface area contributed by atoms with E-state index < -0.39 is 0 Å². The van der Waals surface area contributed by atoms with Crippen molar-refractivity contribution >= 4 is 11.5 Å². The van der Waals surface area contributed by atoms with Gasteiger partial charge < -0.3 is 9.88 Å². The van der Waals surface area contributed by atoms with Crippen LogP contribution in [0.1, 0.15) is 11.4 Å². The second-order valence-corrected chi connectivity index (χ2v) is 4.32. The van der Waals surface area contributed by atoms with Crippen molar-refractivity contribution in [3.63, 3.8) is 0 Å². The van der Waals surface area contributed by atoms with E-state index in [0.29, 0.717) is 5.84 Å². The predicted molar refractivity (Wildman–Crippen MR) is 76.2 cm³/mol. The molecule has 2 rings (SSSR count). The molecule has 3 nitrogen and oxygen atoms in total. The third-order valence-corrected chi connectivity index (χ3v) is 2.85. The molecule has 0 aliphatic carbocycles. The molecular weight excluding hydrogens is 241 g/mol. The van der Waals surface area contributed by atoms with Crippen LogP contribution in [0.2, 0.25) is 0 Å². The lowest BCUT2D eigenvalue weighted by molar-refractivity contribution is 0.628. The van der Waals surface area contributed by atoms with Gasteiger partial charge in [0, 0.05) is 23.3 Å². The van der Waals surface area contributed by atoms with E-state index in [1.54, 1.807) is 24.4 Å². The summed E-state index contributed by atoms with van der Waals surface area (Å²) in [5, 5.41) is 11.0. The molecule has 0 atom stereocenters. The normalized spacial score (nSPS) is 10.9. The third kappa shape index (κ3) is 3.10. The summed E-state index contributed by atoms with van der Waals surface area (Å²) < 4.78 is 14.6. The lowest BCUT2D eigenvalue weighted by Gasteiger charge is -2.07. The lowest BCUT2D eigenvalue weighted by Crippen LogP contribution is -2.11. The molecule has 1 aromatic heterocycles. The summed E-state index contributed by atoms with van der Waals surface area (Å²) in [5.74, 6) is 0.121. The minimum absolute atomic E-state index is 0.263. The number of hydrogen-bond donors (Lipinski definition) is 2. The summed E-state index contributed by atoms with van der Waals surface area (Å²) in [4.78, 5) is 0. The van der Waals surface area contributed by atoms with Gasteiger partial charge in [-0.05, 0) is 56.3 Å². The zero-order valence-corrected chi connectivity index (χ0v) is 10.9. The molecule has 0 spiro atoms. The molecule has 0 aliphatic rings. The van der Waals surface area contributed by atoms with Crippen molar-refractivity contribution in [2.24, 2.45) is 0 Å². The van der Waals surface area contributed by atoms with Crippen molar-refractivity contribution in [2.45, 2.75) is 13.8 Å². The second kappa shape index (κ2) is 5.52. The number of nitrogens with zero attached hydrogens (tertiary/aromatic N) is 1. The monoisotopic (exact) mass is 257 g/mol. The zero-order chi connectivity index (χ0) is 13.8. The van der Waals surface area contributed by atoms with Gasteiger partial charge in [-0.25, -0.2) is 4.39 Å². The molecule has 0 fully saturated rings. The average molecular weight is 257 g/mol. The van der Waals surface area contributed by atoms with Gasteiger partial charge in [-0.3, -0.25) is 5.41 Å². The minimum atomic E-state index is -0.263. The molecule has 0 saturated carbocycles. The van der Waals surface area contributed by atoms with Crippen molar-refractivity contribution < 1.29 is 4.39 Å². The number of halogens is 1. The van der Waals surface area contributed by atoms with Gasteiger partial charge in [0.15, 0.2) is 0 Å². The summed E-state index contributed by atoms with van der Waals surface area (Å²) in [6.45, 7) is 3.92. The van der Waals surface area contributed by atoms with E-state index in [0.717, 1.165) is 17.1 Å². The largest absolute Gasteiger partial charge is 0.362 e. The van der Waals surface area contributed by atoms with E-state index in [1.165, 1.54) is 12.1 Å². The molecule has 0 unspecified atom stereocenters. The van der Waals surface area contributed by atoms with Crippen LogP contribution in [0.3, 0.4) is 0 Å². The number of aryl methyl sites for hydroxylation is 2. The first-order chi connectivity index (χ1) is 9.08. The Kier molecular flexibility index (Phi) is 3.80. The quantitative estimate of drug-likeness (QED) is 0.639. The maximum Gasteiger partial charge on any atom is 0.130 e. The summed E-state index contributed by atoms with van der Waals surface area (Å²) in [6.07, 6.45) is 3.35. The summed E-state index contributed by atoms with van der Waals surface area (Å²) >= 11 is 0. The standard InChI is InChI=1S/C15H16FN3/c1-11-3-4-12(2)19(11)15(17)9-10-18-14-7-5-13(16)6-8-14/h3-10,17-18H,1-2H3/b10-9-,17-15?. The smallest absolute Gasteiger partial charge is 0.130 e.